The van der Waals surface area contributed by atoms with Crippen LogP contribution >= 0.6 is 11.6 Å². The van der Waals surface area contributed by atoms with Crippen LogP contribution in [0.3, 0.4) is 0 Å². The van der Waals surface area contributed by atoms with Gasteiger partial charge in [-0.3, -0.25) is 4.79 Å². The summed E-state index contributed by atoms with van der Waals surface area (Å²) in [4.78, 5) is 11.8. The molecule has 3 rings (SSSR count). The van der Waals surface area contributed by atoms with Gasteiger partial charge in [0.2, 0.25) is 0 Å². The number of fused-ring (bicyclic) bond motifs is 1. The van der Waals surface area contributed by atoms with Crippen LogP contribution in [0.25, 0.3) is 0 Å². The molecule has 1 aromatic rings. The largest absolute Gasteiger partial charge is 0.481 e. The van der Waals surface area contributed by atoms with Crippen molar-refractivity contribution in [1.29, 1.82) is 0 Å². The molecule has 1 saturated carbocycles. The van der Waals surface area contributed by atoms with Crippen molar-refractivity contribution in [3.05, 3.63) is 33.8 Å². The molecule has 1 fully saturated rings. The van der Waals surface area contributed by atoms with Gasteiger partial charge in [0.25, 0.3) is 0 Å². The molecule has 2 nitrogen and oxygen atoms in total. The summed E-state index contributed by atoms with van der Waals surface area (Å²) < 4.78 is 0. The molecule has 0 heterocycles. The van der Waals surface area contributed by atoms with E-state index < -0.39 is 11.4 Å². The van der Waals surface area contributed by atoms with Crippen LogP contribution in [0.4, 0.5) is 0 Å². The average Bonchev–Trinajstić information content (AvgIpc) is 2.88. The number of hydrogen-bond donors (Lipinski definition) is 1. The van der Waals surface area contributed by atoms with E-state index in [1.807, 2.05) is 6.07 Å². The number of rotatable bonds is 2. The number of carbonyl (C=O) groups is 1. The minimum absolute atomic E-state index is 0.679. The van der Waals surface area contributed by atoms with Gasteiger partial charge in [-0.2, -0.15) is 0 Å². The Morgan fingerprint density at radius 1 is 1.11 bits per heavy atom. The van der Waals surface area contributed by atoms with E-state index in [1.165, 1.54) is 11.1 Å². The monoisotopic (exact) mass is 278 g/mol. The molecule has 0 unspecified atom stereocenters. The molecule has 0 atom stereocenters. The first-order chi connectivity index (χ1) is 9.13. The fourth-order valence-electron chi connectivity index (χ4n) is 3.71. The Hall–Kier alpha value is -1.02. The summed E-state index contributed by atoms with van der Waals surface area (Å²) in [5, 5.41) is 10.5. The molecule has 0 aliphatic heterocycles. The van der Waals surface area contributed by atoms with E-state index in [4.69, 9.17) is 11.6 Å². The predicted octanol–water partition coefficient (Wildman–Crippen LogP) is 4.12. The van der Waals surface area contributed by atoms with Gasteiger partial charge in [0.15, 0.2) is 0 Å². The van der Waals surface area contributed by atoms with Gasteiger partial charge in [-0.05, 0) is 54.9 Å². The van der Waals surface area contributed by atoms with Crippen molar-refractivity contribution in [3.63, 3.8) is 0 Å². The topological polar surface area (TPSA) is 37.3 Å². The molecular formula is C16H19ClO2. The lowest BCUT2D eigenvalue weighted by atomic mass is 9.69. The van der Waals surface area contributed by atoms with Gasteiger partial charge in [-0.15, -0.1) is 0 Å². The summed E-state index contributed by atoms with van der Waals surface area (Å²) in [7, 11) is 0. The number of aryl methyl sites for hydroxylation is 1. The zero-order chi connectivity index (χ0) is 13.5. The number of hydrogen-bond acceptors (Lipinski definition) is 1. The molecule has 0 spiro atoms. The second kappa shape index (κ2) is 4.82. The molecule has 102 valence electrons. The van der Waals surface area contributed by atoms with Crippen molar-refractivity contribution < 1.29 is 9.90 Å². The second-order valence-electron chi connectivity index (χ2n) is 5.90. The van der Waals surface area contributed by atoms with Gasteiger partial charge >= 0.3 is 5.97 Å². The fourth-order valence-corrected chi connectivity index (χ4v) is 4.04. The highest BCUT2D eigenvalue weighted by Crippen LogP contribution is 2.42. The normalized spacial score (nSPS) is 21.1. The Kier molecular flexibility index (Phi) is 3.30. The standard InChI is InChI=1S/C16H19ClO2/c17-14-10-12(9-11-5-4-6-13(11)14)16(15(18)19)7-2-1-3-8-16/h9-10H,1-8H2,(H,18,19). The van der Waals surface area contributed by atoms with Crippen LogP contribution in [0.2, 0.25) is 5.02 Å². The van der Waals surface area contributed by atoms with Crippen molar-refractivity contribution in [2.45, 2.75) is 56.8 Å². The molecule has 2 aliphatic rings. The van der Waals surface area contributed by atoms with E-state index in [2.05, 4.69) is 6.07 Å². The first-order valence-corrected chi connectivity index (χ1v) is 7.56. The molecular weight excluding hydrogens is 260 g/mol. The minimum atomic E-state index is -0.695. The summed E-state index contributed by atoms with van der Waals surface area (Å²) in [6.45, 7) is 0. The van der Waals surface area contributed by atoms with Gasteiger partial charge in [0.1, 0.15) is 0 Å². The van der Waals surface area contributed by atoms with E-state index in [9.17, 15) is 9.90 Å². The lowest BCUT2D eigenvalue weighted by molar-refractivity contribution is -0.145. The summed E-state index contributed by atoms with van der Waals surface area (Å²) in [5.41, 5.74) is 2.75. The summed E-state index contributed by atoms with van der Waals surface area (Å²) in [6.07, 6.45) is 7.86. The maximum Gasteiger partial charge on any atom is 0.314 e. The van der Waals surface area contributed by atoms with Crippen LogP contribution < -0.4 is 0 Å². The van der Waals surface area contributed by atoms with Crippen molar-refractivity contribution in [3.8, 4) is 0 Å². The SMILES string of the molecule is O=C(O)C1(c2cc(Cl)c3c(c2)CCC3)CCCCC1. The highest BCUT2D eigenvalue weighted by Gasteiger charge is 2.42. The lowest BCUT2D eigenvalue weighted by Gasteiger charge is -2.34. The highest BCUT2D eigenvalue weighted by molar-refractivity contribution is 6.31. The summed E-state index contributed by atoms with van der Waals surface area (Å²) >= 11 is 6.37. The van der Waals surface area contributed by atoms with Crippen molar-refractivity contribution >= 4 is 17.6 Å². The highest BCUT2D eigenvalue weighted by atomic mass is 35.5. The Labute approximate surface area is 118 Å². The van der Waals surface area contributed by atoms with Crippen molar-refractivity contribution in [2.24, 2.45) is 0 Å². The van der Waals surface area contributed by atoms with E-state index in [1.54, 1.807) is 0 Å². The van der Waals surface area contributed by atoms with Crippen LogP contribution in [0.1, 0.15) is 55.2 Å². The molecule has 0 saturated heterocycles. The molecule has 19 heavy (non-hydrogen) atoms. The van der Waals surface area contributed by atoms with E-state index in [-0.39, 0.29) is 0 Å². The Balaban J connectivity index is 2.08. The molecule has 1 aromatic carbocycles. The molecule has 3 heteroatoms. The first kappa shape index (κ1) is 13.0. The Morgan fingerprint density at radius 3 is 2.53 bits per heavy atom. The maximum absolute atomic E-state index is 11.8. The van der Waals surface area contributed by atoms with Crippen LogP contribution in [0.5, 0.6) is 0 Å². The molecule has 0 radical (unpaired) electrons. The summed E-state index contributed by atoms with van der Waals surface area (Å²) in [6, 6.07) is 4.04. The molecule has 0 amide bonds. The number of halogens is 1. The smallest absolute Gasteiger partial charge is 0.314 e. The third kappa shape index (κ3) is 2.06. The first-order valence-electron chi connectivity index (χ1n) is 7.19. The second-order valence-corrected chi connectivity index (χ2v) is 6.30. The van der Waals surface area contributed by atoms with Crippen LogP contribution in [-0.4, -0.2) is 11.1 Å². The third-order valence-corrected chi connectivity index (χ3v) is 5.17. The van der Waals surface area contributed by atoms with Crippen LogP contribution in [0.15, 0.2) is 12.1 Å². The average molecular weight is 279 g/mol. The molecule has 2 aliphatic carbocycles. The number of benzene rings is 1. The predicted molar refractivity (Wildman–Crippen MR) is 75.9 cm³/mol. The molecule has 1 N–H and O–H groups in total. The lowest BCUT2D eigenvalue weighted by Crippen LogP contribution is -2.38. The van der Waals surface area contributed by atoms with E-state index >= 15 is 0 Å². The van der Waals surface area contributed by atoms with Gasteiger partial charge in [0, 0.05) is 5.02 Å². The Morgan fingerprint density at radius 2 is 1.84 bits per heavy atom. The maximum atomic E-state index is 11.8. The van der Waals surface area contributed by atoms with Crippen molar-refractivity contribution in [2.75, 3.05) is 0 Å². The fraction of sp³-hybridized carbons (Fsp3) is 0.562. The van der Waals surface area contributed by atoms with E-state index in [0.29, 0.717) is 0 Å². The number of aliphatic carboxylic acids is 1. The molecule has 0 aromatic heterocycles. The zero-order valence-corrected chi connectivity index (χ0v) is 11.8. The number of carboxylic acids is 1. The minimum Gasteiger partial charge on any atom is -0.481 e. The van der Waals surface area contributed by atoms with Crippen molar-refractivity contribution in [1.82, 2.24) is 0 Å². The van der Waals surface area contributed by atoms with Gasteiger partial charge in [0.05, 0.1) is 5.41 Å². The number of carboxylic acid groups (broad SMARTS) is 1. The summed E-state index contributed by atoms with van der Waals surface area (Å²) in [5.74, 6) is -0.679. The van der Waals surface area contributed by atoms with Gasteiger partial charge < -0.3 is 5.11 Å². The van der Waals surface area contributed by atoms with Crippen LogP contribution in [0, 0.1) is 0 Å². The Bertz CT molecular complexity index is 516. The third-order valence-electron chi connectivity index (χ3n) is 4.83. The zero-order valence-electron chi connectivity index (χ0n) is 11.0. The van der Waals surface area contributed by atoms with Gasteiger partial charge in [-0.25, -0.2) is 0 Å². The molecule has 0 bridgehead atoms. The van der Waals surface area contributed by atoms with E-state index in [0.717, 1.165) is 62.0 Å². The van der Waals surface area contributed by atoms with Crippen LogP contribution in [-0.2, 0) is 23.1 Å². The quantitative estimate of drug-likeness (QED) is 0.884. The van der Waals surface area contributed by atoms with Gasteiger partial charge in [-0.1, -0.05) is 36.9 Å².